The first kappa shape index (κ1) is 9.48. The molecule has 4 heteroatoms. The standard InChI is InChI=1S/C13H12N2OS/c1-6-4-9-8-5-11-12(15-13(14)17-11)7(8)2-3-10(9)16-6/h2-3,6H,4-5H2,1H3,(H2,14,15). The van der Waals surface area contributed by atoms with Crippen LogP contribution < -0.4 is 10.5 Å². The van der Waals surface area contributed by atoms with Gasteiger partial charge >= 0.3 is 0 Å². The van der Waals surface area contributed by atoms with Crippen molar-refractivity contribution >= 4 is 16.5 Å². The van der Waals surface area contributed by atoms with E-state index in [1.165, 1.54) is 21.6 Å². The maximum absolute atomic E-state index is 5.79. The predicted octanol–water partition coefficient (Wildman–Crippen LogP) is 2.62. The van der Waals surface area contributed by atoms with Crippen LogP contribution in [0.3, 0.4) is 0 Å². The Morgan fingerprint density at radius 3 is 3.18 bits per heavy atom. The summed E-state index contributed by atoms with van der Waals surface area (Å²) < 4.78 is 5.79. The molecule has 0 spiro atoms. The lowest BCUT2D eigenvalue weighted by atomic mass is 9.99. The zero-order chi connectivity index (χ0) is 11.6. The highest BCUT2D eigenvalue weighted by molar-refractivity contribution is 7.15. The van der Waals surface area contributed by atoms with E-state index in [4.69, 9.17) is 10.5 Å². The lowest BCUT2D eigenvalue weighted by molar-refractivity contribution is 0.254. The lowest BCUT2D eigenvalue weighted by Crippen LogP contribution is -2.05. The number of nitrogens with zero attached hydrogens (tertiary/aromatic N) is 1. The fourth-order valence-electron chi connectivity index (χ4n) is 2.84. The molecule has 2 aromatic rings. The van der Waals surface area contributed by atoms with Gasteiger partial charge in [-0.15, -0.1) is 11.3 Å². The number of anilines is 1. The van der Waals surface area contributed by atoms with E-state index < -0.39 is 0 Å². The summed E-state index contributed by atoms with van der Waals surface area (Å²) in [4.78, 5) is 5.73. The van der Waals surface area contributed by atoms with Crippen molar-refractivity contribution in [3.05, 3.63) is 28.1 Å². The SMILES string of the molecule is CC1Cc2c(ccc3c2Cc2sc(N)nc2-3)O1. The van der Waals surface area contributed by atoms with Gasteiger partial charge in [-0.3, -0.25) is 0 Å². The summed E-state index contributed by atoms with van der Waals surface area (Å²) in [6.45, 7) is 2.12. The number of hydrogen-bond acceptors (Lipinski definition) is 4. The van der Waals surface area contributed by atoms with Crippen molar-refractivity contribution in [2.45, 2.75) is 25.9 Å². The number of ether oxygens (including phenoxy) is 1. The monoisotopic (exact) mass is 244 g/mol. The number of nitrogens with two attached hydrogens (primary N) is 1. The molecule has 0 radical (unpaired) electrons. The molecule has 2 N–H and O–H groups in total. The van der Waals surface area contributed by atoms with Crippen LogP contribution in [0.25, 0.3) is 11.3 Å². The normalized spacial score (nSPS) is 19.7. The third kappa shape index (κ3) is 1.19. The number of aromatic nitrogens is 1. The molecule has 0 saturated heterocycles. The van der Waals surface area contributed by atoms with Crippen LogP contribution in [-0.2, 0) is 12.8 Å². The molecule has 1 aliphatic carbocycles. The number of hydrogen-bond donors (Lipinski definition) is 1. The topological polar surface area (TPSA) is 48.1 Å². The van der Waals surface area contributed by atoms with E-state index in [2.05, 4.69) is 24.0 Å². The first-order valence-electron chi connectivity index (χ1n) is 5.79. The van der Waals surface area contributed by atoms with Gasteiger partial charge in [-0.25, -0.2) is 4.98 Å². The Kier molecular flexibility index (Phi) is 1.68. The molecule has 4 rings (SSSR count). The smallest absolute Gasteiger partial charge is 0.180 e. The molecule has 3 nitrogen and oxygen atoms in total. The molecule has 0 amide bonds. The molecule has 17 heavy (non-hydrogen) atoms. The second-order valence-electron chi connectivity index (χ2n) is 4.70. The molecule has 1 unspecified atom stereocenters. The molecule has 0 saturated carbocycles. The maximum Gasteiger partial charge on any atom is 0.180 e. The third-order valence-corrected chi connectivity index (χ3v) is 4.40. The Morgan fingerprint density at radius 1 is 1.41 bits per heavy atom. The van der Waals surface area contributed by atoms with Gasteiger partial charge in [0.1, 0.15) is 11.9 Å². The van der Waals surface area contributed by atoms with E-state index in [-0.39, 0.29) is 0 Å². The molecule has 1 aromatic heterocycles. The van der Waals surface area contributed by atoms with E-state index in [9.17, 15) is 0 Å². The van der Waals surface area contributed by atoms with Crippen molar-refractivity contribution < 1.29 is 4.74 Å². The van der Waals surface area contributed by atoms with Crippen molar-refractivity contribution in [1.29, 1.82) is 0 Å². The Labute approximate surface area is 103 Å². The molecule has 2 heterocycles. The predicted molar refractivity (Wildman–Crippen MR) is 68.6 cm³/mol. The van der Waals surface area contributed by atoms with Crippen molar-refractivity contribution in [1.82, 2.24) is 4.98 Å². The molecule has 1 aromatic carbocycles. The van der Waals surface area contributed by atoms with Crippen LogP contribution >= 0.6 is 11.3 Å². The van der Waals surface area contributed by atoms with Crippen LogP contribution in [-0.4, -0.2) is 11.1 Å². The summed E-state index contributed by atoms with van der Waals surface area (Å²) in [5, 5.41) is 0.672. The van der Waals surface area contributed by atoms with Gasteiger partial charge in [-0.05, 0) is 24.6 Å². The maximum atomic E-state index is 5.79. The summed E-state index contributed by atoms with van der Waals surface area (Å²) in [7, 11) is 0. The molecule has 2 aliphatic rings. The van der Waals surface area contributed by atoms with Crippen LogP contribution in [0.1, 0.15) is 22.9 Å². The minimum Gasteiger partial charge on any atom is -0.490 e. The minimum atomic E-state index is 0.299. The first-order chi connectivity index (χ1) is 8.22. The molecular formula is C13H12N2OS. The average Bonchev–Trinajstić information content (AvgIpc) is 2.88. The molecule has 0 bridgehead atoms. The fourth-order valence-corrected chi connectivity index (χ4v) is 3.69. The van der Waals surface area contributed by atoms with Crippen molar-refractivity contribution in [2.24, 2.45) is 0 Å². The zero-order valence-corrected chi connectivity index (χ0v) is 10.3. The highest BCUT2D eigenvalue weighted by Crippen LogP contribution is 2.45. The lowest BCUT2D eigenvalue weighted by Gasteiger charge is -2.05. The number of rotatable bonds is 0. The van der Waals surface area contributed by atoms with Gasteiger partial charge in [0.15, 0.2) is 5.13 Å². The minimum absolute atomic E-state index is 0.299. The summed E-state index contributed by atoms with van der Waals surface area (Å²) in [6.07, 6.45) is 2.29. The zero-order valence-electron chi connectivity index (χ0n) is 9.49. The summed E-state index contributed by atoms with van der Waals surface area (Å²) in [5.41, 5.74) is 10.9. The quantitative estimate of drug-likeness (QED) is 0.661. The van der Waals surface area contributed by atoms with Gasteiger partial charge in [0.05, 0.1) is 5.69 Å². The van der Waals surface area contributed by atoms with Gasteiger partial charge in [0, 0.05) is 28.8 Å². The van der Waals surface area contributed by atoms with Crippen LogP contribution in [0.15, 0.2) is 12.1 Å². The average molecular weight is 244 g/mol. The largest absolute Gasteiger partial charge is 0.490 e. The molecule has 86 valence electrons. The Balaban J connectivity index is 1.94. The molecule has 1 atom stereocenters. The van der Waals surface area contributed by atoms with E-state index >= 15 is 0 Å². The van der Waals surface area contributed by atoms with Crippen molar-refractivity contribution in [3.63, 3.8) is 0 Å². The Bertz CT molecular complexity index is 633. The summed E-state index contributed by atoms with van der Waals surface area (Å²) in [6, 6.07) is 4.19. The first-order valence-corrected chi connectivity index (χ1v) is 6.61. The van der Waals surface area contributed by atoms with Crippen LogP contribution in [0, 0.1) is 0 Å². The molecular weight excluding hydrogens is 232 g/mol. The van der Waals surface area contributed by atoms with Gasteiger partial charge in [-0.2, -0.15) is 0 Å². The summed E-state index contributed by atoms with van der Waals surface area (Å²) >= 11 is 1.61. The highest BCUT2D eigenvalue weighted by Gasteiger charge is 2.30. The second kappa shape index (κ2) is 3.01. The third-order valence-electron chi connectivity index (χ3n) is 3.51. The Hall–Kier alpha value is -1.55. The fraction of sp³-hybridized carbons (Fsp3) is 0.308. The van der Waals surface area contributed by atoms with Gasteiger partial charge < -0.3 is 10.5 Å². The van der Waals surface area contributed by atoms with Gasteiger partial charge in [0.25, 0.3) is 0 Å². The van der Waals surface area contributed by atoms with Crippen LogP contribution in [0.4, 0.5) is 5.13 Å². The van der Waals surface area contributed by atoms with E-state index in [0.717, 1.165) is 24.3 Å². The van der Waals surface area contributed by atoms with E-state index in [0.29, 0.717) is 11.2 Å². The van der Waals surface area contributed by atoms with E-state index in [1.807, 2.05) is 0 Å². The van der Waals surface area contributed by atoms with E-state index in [1.54, 1.807) is 11.3 Å². The van der Waals surface area contributed by atoms with Crippen molar-refractivity contribution in [2.75, 3.05) is 5.73 Å². The molecule has 1 aliphatic heterocycles. The Morgan fingerprint density at radius 2 is 2.29 bits per heavy atom. The summed E-state index contributed by atoms with van der Waals surface area (Å²) in [5.74, 6) is 1.05. The van der Waals surface area contributed by atoms with Crippen LogP contribution in [0.2, 0.25) is 0 Å². The van der Waals surface area contributed by atoms with Gasteiger partial charge in [-0.1, -0.05) is 0 Å². The second-order valence-corrected chi connectivity index (χ2v) is 5.82. The molecule has 0 fully saturated rings. The van der Waals surface area contributed by atoms with Crippen molar-refractivity contribution in [3.8, 4) is 17.0 Å². The number of fused-ring (bicyclic) bond motifs is 5. The number of benzene rings is 1. The van der Waals surface area contributed by atoms with Crippen LogP contribution in [0.5, 0.6) is 5.75 Å². The van der Waals surface area contributed by atoms with Gasteiger partial charge in [0.2, 0.25) is 0 Å². The number of thiazole rings is 1. The highest BCUT2D eigenvalue weighted by atomic mass is 32.1. The number of nitrogen functional groups attached to an aromatic ring is 1.